The summed E-state index contributed by atoms with van der Waals surface area (Å²) in [5.74, 6) is -1.18. The predicted molar refractivity (Wildman–Crippen MR) is 67.7 cm³/mol. The zero-order valence-corrected chi connectivity index (χ0v) is 10.1. The van der Waals surface area contributed by atoms with E-state index in [1.807, 2.05) is 0 Å². The molecule has 102 valence electrons. The van der Waals surface area contributed by atoms with Gasteiger partial charge in [-0.1, -0.05) is 6.07 Å². The molecule has 0 unspecified atom stereocenters. The van der Waals surface area contributed by atoms with E-state index in [9.17, 15) is 19.7 Å². The van der Waals surface area contributed by atoms with Crippen molar-refractivity contribution in [1.29, 1.82) is 0 Å². The highest BCUT2D eigenvalue weighted by atomic mass is 16.6. The minimum atomic E-state index is -1.18. The Hall–Kier alpha value is -3.03. The summed E-state index contributed by atoms with van der Waals surface area (Å²) >= 11 is 0. The summed E-state index contributed by atoms with van der Waals surface area (Å²) in [7, 11) is 0. The molecule has 0 aromatic carbocycles. The number of carboxylic acids is 1. The summed E-state index contributed by atoms with van der Waals surface area (Å²) in [5.41, 5.74) is -1.13. The summed E-state index contributed by atoms with van der Waals surface area (Å²) < 4.78 is 1.10. The Kier molecular flexibility index (Phi) is 3.56. The topological polar surface area (TPSA) is 115 Å². The van der Waals surface area contributed by atoms with Gasteiger partial charge in [0, 0.05) is 12.3 Å². The van der Waals surface area contributed by atoms with Gasteiger partial charge in [-0.05, 0) is 18.2 Å². The molecule has 0 radical (unpaired) electrons. The molecule has 20 heavy (non-hydrogen) atoms. The predicted octanol–water partition coefficient (Wildman–Crippen LogP) is 0.898. The number of pyridine rings is 2. The van der Waals surface area contributed by atoms with Gasteiger partial charge in [-0.2, -0.15) is 0 Å². The molecule has 0 aliphatic heterocycles. The van der Waals surface area contributed by atoms with E-state index >= 15 is 0 Å². The molecule has 8 nitrogen and oxygen atoms in total. The molecule has 0 aliphatic carbocycles. The maximum atomic E-state index is 11.8. The number of hydrogen-bond acceptors (Lipinski definition) is 5. The lowest BCUT2D eigenvalue weighted by Crippen LogP contribution is -2.22. The van der Waals surface area contributed by atoms with Crippen molar-refractivity contribution in [1.82, 2.24) is 9.55 Å². The first-order chi connectivity index (χ1) is 9.49. The van der Waals surface area contributed by atoms with Crippen LogP contribution in [0.15, 0.2) is 41.3 Å². The maximum Gasteiger partial charge on any atom is 0.354 e. The minimum Gasteiger partial charge on any atom is -0.477 e. The highest BCUT2D eigenvalue weighted by Crippen LogP contribution is 2.05. The van der Waals surface area contributed by atoms with Gasteiger partial charge >= 0.3 is 17.2 Å². The van der Waals surface area contributed by atoms with Crippen LogP contribution in [0, 0.1) is 10.1 Å². The molecule has 0 atom stereocenters. The Morgan fingerprint density at radius 1 is 1.35 bits per heavy atom. The molecule has 0 fully saturated rings. The Morgan fingerprint density at radius 2 is 2.10 bits per heavy atom. The quantitative estimate of drug-likeness (QED) is 0.654. The third kappa shape index (κ3) is 2.69. The smallest absolute Gasteiger partial charge is 0.354 e. The van der Waals surface area contributed by atoms with Crippen LogP contribution >= 0.6 is 0 Å². The molecule has 0 bridgehead atoms. The Labute approximate surface area is 112 Å². The summed E-state index contributed by atoms with van der Waals surface area (Å²) in [6.45, 7) is -0.0400. The molecule has 8 heteroatoms. The molecule has 0 spiro atoms. The van der Waals surface area contributed by atoms with Crippen molar-refractivity contribution in [3.8, 4) is 0 Å². The molecule has 0 saturated heterocycles. The van der Waals surface area contributed by atoms with Gasteiger partial charge in [-0.3, -0.25) is 14.9 Å². The van der Waals surface area contributed by atoms with Crippen molar-refractivity contribution in [2.45, 2.75) is 6.54 Å². The Bertz CT molecular complexity index is 738. The lowest BCUT2D eigenvalue weighted by Gasteiger charge is -2.05. The van der Waals surface area contributed by atoms with Crippen LogP contribution < -0.4 is 5.56 Å². The van der Waals surface area contributed by atoms with Crippen LogP contribution in [-0.4, -0.2) is 25.6 Å². The lowest BCUT2D eigenvalue weighted by molar-refractivity contribution is -0.386. The molecular formula is C12H9N3O5. The van der Waals surface area contributed by atoms with Crippen LogP contribution in [0.2, 0.25) is 0 Å². The molecular weight excluding hydrogens is 266 g/mol. The van der Waals surface area contributed by atoms with Gasteiger partial charge in [-0.25, -0.2) is 9.78 Å². The molecule has 2 heterocycles. The van der Waals surface area contributed by atoms with E-state index in [0.29, 0.717) is 5.69 Å². The standard InChI is InChI=1S/C12H9N3O5/c16-11-10(15(19)20)5-2-6-14(11)7-8-3-1-4-9(13-8)12(17)18/h1-6H,7H2,(H,17,18). The van der Waals surface area contributed by atoms with Gasteiger partial charge in [0.15, 0.2) is 0 Å². The SMILES string of the molecule is O=C(O)c1cccc(Cn2cccc([N+](=O)[O-])c2=O)n1. The largest absolute Gasteiger partial charge is 0.477 e. The van der Waals surface area contributed by atoms with E-state index in [2.05, 4.69) is 4.98 Å². The molecule has 0 saturated carbocycles. The van der Waals surface area contributed by atoms with E-state index in [1.165, 1.54) is 30.5 Å². The van der Waals surface area contributed by atoms with Crippen molar-refractivity contribution >= 4 is 11.7 Å². The molecule has 2 aromatic rings. The second kappa shape index (κ2) is 5.31. The van der Waals surface area contributed by atoms with Gasteiger partial charge in [0.05, 0.1) is 17.2 Å². The second-order valence-corrected chi connectivity index (χ2v) is 3.90. The maximum absolute atomic E-state index is 11.8. The van der Waals surface area contributed by atoms with E-state index in [1.54, 1.807) is 0 Å². The molecule has 0 aliphatic rings. The van der Waals surface area contributed by atoms with Crippen LogP contribution in [0.4, 0.5) is 5.69 Å². The molecule has 2 aromatic heterocycles. The van der Waals surface area contributed by atoms with E-state index in [4.69, 9.17) is 5.11 Å². The van der Waals surface area contributed by atoms with E-state index in [0.717, 1.165) is 10.6 Å². The lowest BCUT2D eigenvalue weighted by atomic mass is 10.3. The van der Waals surface area contributed by atoms with Crippen molar-refractivity contribution in [3.05, 3.63) is 68.4 Å². The summed E-state index contributed by atoms with van der Waals surface area (Å²) in [4.78, 5) is 36.4. The van der Waals surface area contributed by atoms with Crippen LogP contribution in [0.5, 0.6) is 0 Å². The highest BCUT2D eigenvalue weighted by molar-refractivity contribution is 5.85. The minimum absolute atomic E-state index is 0.0400. The third-order valence-corrected chi connectivity index (χ3v) is 2.56. The first-order valence-corrected chi connectivity index (χ1v) is 5.52. The van der Waals surface area contributed by atoms with Crippen molar-refractivity contribution in [3.63, 3.8) is 0 Å². The summed E-state index contributed by atoms with van der Waals surface area (Å²) in [6, 6.07) is 6.84. The third-order valence-electron chi connectivity index (χ3n) is 2.56. The number of nitro groups is 1. The average Bonchev–Trinajstić information content (AvgIpc) is 2.41. The number of hydrogen-bond donors (Lipinski definition) is 1. The van der Waals surface area contributed by atoms with Gasteiger partial charge in [-0.15, -0.1) is 0 Å². The van der Waals surface area contributed by atoms with Crippen LogP contribution in [-0.2, 0) is 6.54 Å². The molecule has 0 amide bonds. The number of carboxylic acid groups (broad SMARTS) is 1. The van der Waals surface area contributed by atoms with Crippen molar-refractivity contribution in [2.75, 3.05) is 0 Å². The zero-order valence-electron chi connectivity index (χ0n) is 10.1. The van der Waals surface area contributed by atoms with Crippen LogP contribution in [0.1, 0.15) is 16.2 Å². The number of aromatic nitrogens is 2. The first-order valence-electron chi connectivity index (χ1n) is 5.52. The number of aromatic carboxylic acids is 1. The first kappa shape index (κ1) is 13.4. The molecule has 1 N–H and O–H groups in total. The van der Waals surface area contributed by atoms with Crippen LogP contribution in [0.3, 0.4) is 0 Å². The normalized spacial score (nSPS) is 10.2. The van der Waals surface area contributed by atoms with E-state index in [-0.39, 0.29) is 12.2 Å². The van der Waals surface area contributed by atoms with Gasteiger partial charge in [0.2, 0.25) is 0 Å². The van der Waals surface area contributed by atoms with Crippen LogP contribution in [0.25, 0.3) is 0 Å². The summed E-state index contributed by atoms with van der Waals surface area (Å²) in [6.07, 6.45) is 1.38. The average molecular weight is 275 g/mol. The second-order valence-electron chi connectivity index (χ2n) is 3.90. The van der Waals surface area contributed by atoms with Gasteiger partial charge < -0.3 is 9.67 Å². The Balaban J connectivity index is 2.38. The van der Waals surface area contributed by atoms with Crippen molar-refractivity contribution < 1.29 is 14.8 Å². The fourth-order valence-electron chi connectivity index (χ4n) is 1.65. The monoisotopic (exact) mass is 275 g/mol. The Morgan fingerprint density at radius 3 is 2.75 bits per heavy atom. The van der Waals surface area contributed by atoms with E-state index < -0.39 is 22.1 Å². The van der Waals surface area contributed by atoms with Gasteiger partial charge in [0.1, 0.15) is 5.69 Å². The fourth-order valence-corrected chi connectivity index (χ4v) is 1.65. The number of nitrogens with zero attached hydrogens (tertiary/aromatic N) is 3. The zero-order chi connectivity index (χ0) is 14.7. The number of carbonyl (C=O) groups is 1. The van der Waals surface area contributed by atoms with Crippen molar-refractivity contribution in [2.24, 2.45) is 0 Å². The number of rotatable bonds is 4. The highest BCUT2D eigenvalue weighted by Gasteiger charge is 2.14. The fraction of sp³-hybridized carbons (Fsp3) is 0.0833. The summed E-state index contributed by atoms with van der Waals surface area (Å²) in [5, 5.41) is 19.5. The van der Waals surface area contributed by atoms with Gasteiger partial charge in [0.25, 0.3) is 0 Å². The molecule has 2 rings (SSSR count).